The third kappa shape index (κ3) is 3.82. The van der Waals surface area contributed by atoms with Crippen molar-refractivity contribution in [3.05, 3.63) is 28.3 Å². The standard InChI is InChI=1S/C13H21N3O3/c1-4-13(14,5-2)9-15-10-6-7-11(16(17)18)12(8-10)19-3/h6-8,15H,4-5,9,14H2,1-3H3. The maximum atomic E-state index is 10.8. The Morgan fingerprint density at radius 3 is 2.53 bits per heavy atom. The van der Waals surface area contributed by atoms with Crippen LogP contribution in [0.5, 0.6) is 5.75 Å². The van der Waals surface area contributed by atoms with Gasteiger partial charge in [-0.25, -0.2) is 0 Å². The van der Waals surface area contributed by atoms with E-state index in [1.165, 1.54) is 13.2 Å². The van der Waals surface area contributed by atoms with Crippen LogP contribution in [0.4, 0.5) is 11.4 Å². The Balaban J connectivity index is 2.83. The quantitative estimate of drug-likeness (QED) is 0.585. The number of rotatable bonds is 7. The van der Waals surface area contributed by atoms with Crippen molar-refractivity contribution in [1.29, 1.82) is 0 Å². The van der Waals surface area contributed by atoms with E-state index in [1.807, 2.05) is 13.8 Å². The van der Waals surface area contributed by atoms with Crippen molar-refractivity contribution in [3.8, 4) is 5.75 Å². The van der Waals surface area contributed by atoms with Crippen LogP contribution < -0.4 is 15.8 Å². The fourth-order valence-electron chi connectivity index (χ4n) is 1.72. The molecule has 3 N–H and O–H groups in total. The predicted molar refractivity (Wildman–Crippen MR) is 75.6 cm³/mol. The first-order chi connectivity index (χ1) is 8.95. The van der Waals surface area contributed by atoms with Crippen LogP contribution in [0.1, 0.15) is 26.7 Å². The van der Waals surface area contributed by atoms with Crippen molar-refractivity contribution >= 4 is 11.4 Å². The van der Waals surface area contributed by atoms with E-state index in [2.05, 4.69) is 5.32 Å². The van der Waals surface area contributed by atoms with Gasteiger partial charge in [0.1, 0.15) is 0 Å². The lowest BCUT2D eigenvalue weighted by Crippen LogP contribution is -2.45. The minimum Gasteiger partial charge on any atom is -0.490 e. The van der Waals surface area contributed by atoms with Crippen LogP contribution in [0, 0.1) is 10.1 Å². The van der Waals surface area contributed by atoms with Gasteiger partial charge in [0, 0.05) is 29.9 Å². The Hall–Kier alpha value is -1.82. The molecule has 0 bridgehead atoms. The molecule has 0 unspecified atom stereocenters. The average Bonchev–Trinajstić information content (AvgIpc) is 2.44. The first kappa shape index (κ1) is 15.2. The Bertz CT molecular complexity index is 445. The molecular weight excluding hydrogens is 246 g/mol. The van der Waals surface area contributed by atoms with Gasteiger partial charge in [0.25, 0.3) is 0 Å². The lowest BCUT2D eigenvalue weighted by Gasteiger charge is -2.27. The minimum absolute atomic E-state index is 0.0435. The lowest BCUT2D eigenvalue weighted by atomic mass is 9.94. The summed E-state index contributed by atoms with van der Waals surface area (Å²) in [6.07, 6.45) is 1.72. The lowest BCUT2D eigenvalue weighted by molar-refractivity contribution is -0.385. The largest absolute Gasteiger partial charge is 0.490 e. The molecule has 0 spiro atoms. The van der Waals surface area contributed by atoms with Gasteiger partial charge in [-0.1, -0.05) is 13.8 Å². The van der Waals surface area contributed by atoms with Gasteiger partial charge < -0.3 is 15.8 Å². The number of hydrogen-bond acceptors (Lipinski definition) is 5. The van der Waals surface area contributed by atoms with Crippen LogP contribution in [0.15, 0.2) is 18.2 Å². The van der Waals surface area contributed by atoms with Gasteiger partial charge in [0.05, 0.1) is 12.0 Å². The topological polar surface area (TPSA) is 90.4 Å². The Morgan fingerprint density at radius 1 is 1.42 bits per heavy atom. The molecule has 1 aromatic carbocycles. The fourth-order valence-corrected chi connectivity index (χ4v) is 1.72. The van der Waals surface area contributed by atoms with Crippen molar-refractivity contribution in [2.45, 2.75) is 32.2 Å². The normalized spacial score (nSPS) is 11.2. The van der Waals surface area contributed by atoms with Crippen LogP contribution >= 0.6 is 0 Å². The Kier molecular flexibility index (Phi) is 5.11. The molecule has 1 aromatic rings. The summed E-state index contributed by atoms with van der Waals surface area (Å²) in [6, 6.07) is 4.70. The summed E-state index contributed by atoms with van der Waals surface area (Å²) in [6.45, 7) is 4.70. The molecule has 0 heterocycles. The van der Waals surface area contributed by atoms with E-state index >= 15 is 0 Å². The number of nitrogens with zero attached hydrogens (tertiary/aromatic N) is 1. The summed E-state index contributed by atoms with van der Waals surface area (Å²) in [7, 11) is 1.41. The summed E-state index contributed by atoms with van der Waals surface area (Å²) < 4.78 is 5.02. The van der Waals surface area contributed by atoms with E-state index in [9.17, 15) is 10.1 Å². The Labute approximate surface area is 113 Å². The van der Waals surface area contributed by atoms with Crippen LogP contribution in [0.3, 0.4) is 0 Å². The maximum Gasteiger partial charge on any atom is 0.311 e. The number of benzene rings is 1. The van der Waals surface area contributed by atoms with Crippen LogP contribution in [0.25, 0.3) is 0 Å². The van der Waals surface area contributed by atoms with E-state index in [0.717, 1.165) is 18.5 Å². The second-order valence-electron chi connectivity index (χ2n) is 4.57. The molecule has 0 aromatic heterocycles. The number of methoxy groups -OCH3 is 1. The molecule has 106 valence electrons. The van der Waals surface area contributed by atoms with E-state index in [4.69, 9.17) is 10.5 Å². The molecule has 0 atom stereocenters. The number of nitrogens with one attached hydrogen (secondary N) is 1. The summed E-state index contributed by atoms with van der Waals surface area (Å²) in [5.41, 5.74) is 6.64. The monoisotopic (exact) mass is 267 g/mol. The van der Waals surface area contributed by atoms with Gasteiger partial charge in [-0.2, -0.15) is 0 Å². The number of nitro groups is 1. The van der Waals surface area contributed by atoms with Gasteiger partial charge in [0.2, 0.25) is 0 Å². The van der Waals surface area contributed by atoms with Crippen molar-refractivity contribution < 1.29 is 9.66 Å². The van der Waals surface area contributed by atoms with Gasteiger partial charge in [-0.15, -0.1) is 0 Å². The fraction of sp³-hybridized carbons (Fsp3) is 0.538. The molecule has 0 saturated heterocycles. The smallest absolute Gasteiger partial charge is 0.311 e. The van der Waals surface area contributed by atoms with Gasteiger partial charge in [0.15, 0.2) is 5.75 Å². The van der Waals surface area contributed by atoms with Gasteiger partial charge in [-0.05, 0) is 18.9 Å². The number of nitrogens with two attached hydrogens (primary N) is 1. The first-order valence-corrected chi connectivity index (χ1v) is 6.31. The zero-order valence-electron chi connectivity index (χ0n) is 11.6. The zero-order chi connectivity index (χ0) is 14.5. The maximum absolute atomic E-state index is 10.8. The van der Waals surface area contributed by atoms with Crippen LogP contribution in [-0.4, -0.2) is 24.1 Å². The molecule has 1 rings (SSSR count). The number of ether oxygens (including phenoxy) is 1. The van der Waals surface area contributed by atoms with Gasteiger partial charge >= 0.3 is 5.69 Å². The summed E-state index contributed by atoms with van der Waals surface area (Å²) in [5.74, 6) is 0.241. The van der Waals surface area contributed by atoms with Gasteiger partial charge in [-0.3, -0.25) is 10.1 Å². The Morgan fingerprint density at radius 2 is 2.05 bits per heavy atom. The zero-order valence-corrected chi connectivity index (χ0v) is 11.6. The van der Waals surface area contributed by atoms with E-state index in [0.29, 0.717) is 6.54 Å². The van der Waals surface area contributed by atoms with Crippen LogP contribution in [0.2, 0.25) is 0 Å². The highest BCUT2D eigenvalue weighted by Gasteiger charge is 2.20. The SMILES string of the molecule is CCC(N)(CC)CNc1ccc([N+](=O)[O-])c(OC)c1. The highest BCUT2D eigenvalue weighted by Crippen LogP contribution is 2.29. The molecule has 0 aliphatic carbocycles. The molecule has 0 aliphatic rings. The summed E-state index contributed by atoms with van der Waals surface area (Å²) in [5, 5.41) is 14.0. The van der Waals surface area contributed by atoms with Crippen molar-refractivity contribution in [1.82, 2.24) is 0 Å². The number of hydrogen-bond donors (Lipinski definition) is 2. The second kappa shape index (κ2) is 6.38. The van der Waals surface area contributed by atoms with Crippen molar-refractivity contribution in [2.75, 3.05) is 19.0 Å². The third-order valence-electron chi connectivity index (χ3n) is 3.43. The second-order valence-corrected chi connectivity index (χ2v) is 4.57. The highest BCUT2D eigenvalue weighted by molar-refractivity contribution is 5.58. The first-order valence-electron chi connectivity index (χ1n) is 6.31. The molecule has 19 heavy (non-hydrogen) atoms. The minimum atomic E-state index is -0.464. The highest BCUT2D eigenvalue weighted by atomic mass is 16.6. The molecular formula is C13H21N3O3. The number of anilines is 1. The molecule has 0 aliphatic heterocycles. The van der Waals surface area contributed by atoms with E-state index < -0.39 is 4.92 Å². The van der Waals surface area contributed by atoms with Crippen molar-refractivity contribution in [3.63, 3.8) is 0 Å². The molecule has 0 amide bonds. The molecule has 6 heteroatoms. The molecule has 0 radical (unpaired) electrons. The number of nitro benzene ring substituents is 1. The molecule has 0 saturated carbocycles. The summed E-state index contributed by atoms with van der Waals surface area (Å²) in [4.78, 5) is 10.3. The summed E-state index contributed by atoms with van der Waals surface area (Å²) >= 11 is 0. The van der Waals surface area contributed by atoms with Crippen LogP contribution in [-0.2, 0) is 0 Å². The van der Waals surface area contributed by atoms with E-state index in [-0.39, 0.29) is 17.0 Å². The van der Waals surface area contributed by atoms with Crippen molar-refractivity contribution in [2.24, 2.45) is 5.73 Å². The average molecular weight is 267 g/mol. The van der Waals surface area contributed by atoms with E-state index in [1.54, 1.807) is 12.1 Å². The predicted octanol–water partition coefficient (Wildman–Crippen LogP) is 2.53. The molecule has 0 fully saturated rings. The molecule has 6 nitrogen and oxygen atoms in total. The third-order valence-corrected chi connectivity index (χ3v) is 3.43.